The van der Waals surface area contributed by atoms with Crippen molar-refractivity contribution in [3.63, 3.8) is 0 Å². The summed E-state index contributed by atoms with van der Waals surface area (Å²) in [4.78, 5) is 9.92. The van der Waals surface area contributed by atoms with E-state index in [0.29, 0.717) is 5.76 Å². The van der Waals surface area contributed by atoms with E-state index in [1.807, 2.05) is 6.07 Å². The van der Waals surface area contributed by atoms with Crippen LogP contribution in [0.15, 0.2) is 52.0 Å². The fourth-order valence-corrected chi connectivity index (χ4v) is 3.56. The molecule has 8 nitrogen and oxygen atoms in total. The average molecular weight is 335 g/mol. The standard InChI is InChI=1S/C14H13N3O5S/c15-8-4-9-16(11-12-5-3-10-22-12)23(20,21)14-7-2-1-6-13(14)17(18)19/h1-3,5-7,10H,4,9,11H2. The summed E-state index contributed by atoms with van der Waals surface area (Å²) < 4.78 is 31.6. The predicted molar refractivity (Wildman–Crippen MR) is 79.6 cm³/mol. The van der Waals surface area contributed by atoms with Crippen molar-refractivity contribution in [1.29, 1.82) is 5.26 Å². The Hall–Kier alpha value is -2.70. The van der Waals surface area contributed by atoms with Crippen molar-refractivity contribution in [2.24, 2.45) is 0 Å². The molecule has 120 valence electrons. The minimum atomic E-state index is -4.14. The van der Waals surface area contributed by atoms with E-state index in [1.165, 1.54) is 24.5 Å². The molecular formula is C14H13N3O5S. The third-order valence-electron chi connectivity index (χ3n) is 3.07. The molecule has 0 unspecified atom stereocenters. The first-order valence-corrected chi connectivity index (χ1v) is 8.03. The highest BCUT2D eigenvalue weighted by Gasteiger charge is 2.31. The SMILES string of the molecule is N#CCCN(Cc1ccco1)S(=O)(=O)c1ccccc1[N+](=O)[O-]. The smallest absolute Gasteiger partial charge is 0.289 e. The molecule has 0 aliphatic rings. The first-order valence-electron chi connectivity index (χ1n) is 6.59. The summed E-state index contributed by atoms with van der Waals surface area (Å²) in [6.45, 7) is -0.200. The van der Waals surface area contributed by atoms with Crippen LogP contribution in [0.3, 0.4) is 0 Å². The van der Waals surface area contributed by atoms with Gasteiger partial charge in [-0.2, -0.15) is 9.57 Å². The Morgan fingerprint density at radius 1 is 1.26 bits per heavy atom. The molecule has 0 aliphatic heterocycles. The quantitative estimate of drug-likeness (QED) is 0.566. The van der Waals surface area contributed by atoms with Crippen LogP contribution in [-0.4, -0.2) is 24.2 Å². The van der Waals surface area contributed by atoms with Gasteiger partial charge in [-0.3, -0.25) is 10.1 Å². The Kier molecular flexibility index (Phi) is 5.10. The summed E-state index contributed by atoms with van der Waals surface area (Å²) in [5.74, 6) is 0.380. The van der Waals surface area contributed by atoms with Crippen LogP contribution in [0.1, 0.15) is 12.2 Å². The number of sulfonamides is 1. The summed E-state index contributed by atoms with van der Waals surface area (Å²) in [5.41, 5.74) is -0.506. The molecule has 2 aromatic rings. The molecule has 0 saturated carbocycles. The van der Waals surface area contributed by atoms with Gasteiger partial charge < -0.3 is 4.42 Å². The number of rotatable bonds is 7. The molecular weight excluding hydrogens is 322 g/mol. The number of nitrogens with zero attached hydrogens (tertiary/aromatic N) is 3. The summed E-state index contributed by atoms with van der Waals surface area (Å²) in [5, 5.41) is 19.8. The topological polar surface area (TPSA) is 117 Å². The Balaban J connectivity index is 2.44. The molecule has 1 aromatic heterocycles. The third-order valence-corrected chi connectivity index (χ3v) is 4.96. The van der Waals surface area contributed by atoms with Crippen LogP contribution in [0.4, 0.5) is 5.69 Å². The second kappa shape index (κ2) is 7.04. The fraction of sp³-hybridized carbons (Fsp3) is 0.214. The molecule has 1 heterocycles. The second-order valence-corrected chi connectivity index (χ2v) is 6.46. The Bertz CT molecular complexity index is 824. The maximum Gasteiger partial charge on any atom is 0.289 e. The van der Waals surface area contributed by atoms with Crippen molar-refractivity contribution >= 4 is 15.7 Å². The van der Waals surface area contributed by atoms with Gasteiger partial charge in [-0.1, -0.05) is 12.1 Å². The highest BCUT2D eigenvalue weighted by molar-refractivity contribution is 7.89. The van der Waals surface area contributed by atoms with Crippen LogP contribution in [0.25, 0.3) is 0 Å². The van der Waals surface area contributed by atoms with Crippen molar-refractivity contribution in [1.82, 2.24) is 4.31 Å². The van der Waals surface area contributed by atoms with Gasteiger partial charge in [0, 0.05) is 19.0 Å². The van der Waals surface area contributed by atoms with E-state index in [4.69, 9.17) is 9.68 Å². The average Bonchev–Trinajstić information content (AvgIpc) is 3.04. The molecule has 0 radical (unpaired) electrons. The highest BCUT2D eigenvalue weighted by Crippen LogP contribution is 2.27. The number of nitro benzene ring substituents is 1. The van der Waals surface area contributed by atoms with Gasteiger partial charge in [0.2, 0.25) is 10.0 Å². The van der Waals surface area contributed by atoms with Crippen LogP contribution in [0, 0.1) is 21.4 Å². The normalized spacial score (nSPS) is 11.3. The highest BCUT2D eigenvalue weighted by atomic mass is 32.2. The molecule has 1 aromatic carbocycles. The molecule has 2 rings (SSSR count). The number of para-hydroxylation sites is 1. The molecule has 9 heteroatoms. The first kappa shape index (κ1) is 16.7. The lowest BCUT2D eigenvalue weighted by molar-refractivity contribution is -0.387. The van der Waals surface area contributed by atoms with Crippen molar-refractivity contribution in [2.75, 3.05) is 6.54 Å². The van der Waals surface area contributed by atoms with Crippen LogP contribution < -0.4 is 0 Å². The van der Waals surface area contributed by atoms with Crippen molar-refractivity contribution < 1.29 is 17.8 Å². The third kappa shape index (κ3) is 3.74. The van der Waals surface area contributed by atoms with E-state index in [0.717, 1.165) is 10.4 Å². The van der Waals surface area contributed by atoms with Gasteiger partial charge in [0.1, 0.15) is 5.76 Å². The maximum absolute atomic E-state index is 12.8. The van der Waals surface area contributed by atoms with E-state index in [1.54, 1.807) is 12.1 Å². The van der Waals surface area contributed by atoms with Gasteiger partial charge in [0.25, 0.3) is 5.69 Å². The molecule has 23 heavy (non-hydrogen) atoms. The Morgan fingerprint density at radius 2 is 2.00 bits per heavy atom. The van der Waals surface area contributed by atoms with Gasteiger partial charge >= 0.3 is 0 Å². The summed E-state index contributed by atoms with van der Waals surface area (Å²) in [7, 11) is -4.14. The van der Waals surface area contributed by atoms with Crippen LogP contribution in [-0.2, 0) is 16.6 Å². The first-order chi connectivity index (χ1) is 11.0. The minimum Gasteiger partial charge on any atom is -0.468 e. The van der Waals surface area contributed by atoms with E-state index < -0.39 is 25.5 Å². The van der Waals surface area contributed by atoms with Crippen LogP contribution in [0.2, 0.25) is 0 Å². The zero-order valence-electron chi connectivity index (χ0n) is 12.0. The summed E-state index contributed by atoms with van der Waals surface area (Å²) in [6.07, 6.45) is 1.36. The van der Waals surface area contributed by atoms with Gasteiger partial charge in [-0.15, -0.1) is 0 Å². The number of benzene rings is 1. The number of nitriles is 1. The van der Waals surface area contributed by atoms with Crippen molar-refractivity contribution in [3.8, 4) is 6.07 Å². The molecule has 0 saturated heterocycles. The van der Waals surface area contributed by atoms with Crippen LogP contribution >= 0.6 is 0 Å². The zero-order chi connectivity index (χ0) is 16.9. The summed E-state index contributed by atoms with van der Waals surface area (Å²) in [6, 6.07) is 10.2. The Labute approximate surface area is 132 Å². The summed E-state index contributed by atoms with van der Waals surface area (Å²) >= 11 is 0. The zero-order valence-corrected chi connectivity index (χ0v) is 12.8. The lowest BCUT2D eigenvalue weighted by atomic mass is 10.3. The monoisotopic (exact) mass is 335 g/mol. The van der Waals surface area contributed by atoms with E-state index in [2.05, 4.69) is 0 Å². The second-order valence-electron chi connectivity index (χ2n) is 4.55. The number of hydrogen-bond donors (Lipinski definition) is 0. The minimum absolute atomic E-state index is 0.0411. The molecule has 0 N–H and O–H groups in total. The fourth-order valence-electron chi connectivity index (χ4n) is 2.00. The van der Waals surface area contributed by atoms with E-state index >= 15 is 0 Å². The molecule has 0 amide bonds. The van der Waals surface area contributed by atoms with Gasteiger partial charge in [-0.05, 0) is 18.2 Å². The Morgan fingerprint density at radius 3 is 2.61 bits per heavy atom. The molecule has 0 atom stereocenters. The molecule has 0 spiro atoms. The molecule has 0 fully saturated rings. The number of furan rings is 1. The van der Waals surface area contributed by atoms with E-state index in [-0.39, 0.29) is 19.5 Å². The van der Waals surface area contributed by atoms with E-state index in [9.17, 15) is 18.5 Å². The predicted octanol–water partition coefficient (Wildman–Crippen LogP) is 2.29. The lowest BCUT2D eigenvalue weighted by Crippen LogP contribution is -2.31. The largest absolute Gasteiger partial charge is 0.468 e. The lowest BCUT2D eigenvalue weighted by Gasteiger charge is -2.20. The van der Waals surface area contributed by atoms with Crippen molar-refractivity contribution in [2.45, 2.75) is 17.9 Å². The molecule has 0 bridgehead atoms. The van der Waals surface area contributed by atoms with Gasteiger partial charge in [0.15, 0.2) is 4.90 Å². The number of nitro groups is 1. The van der Waals surface area contributed by atoms with Gasteiger partial charge in [0.05, 0.1) is 23.8 Å². The molecule has 0 aliphatic carbocycles. The van der Waals surface area contributed by atoms with Crippen molar-refractivity contribution in [3.05, 3.63) is 58.5 Å². The van der Waals surface area contributed by atoms with Gasteiger partial charge in [-0.25, -0.2) is 8.42 Å². The maximum atomic E-state index is 12.8. The number of hydrogen-bond acceptors (Lipinski definition) is 6. The van der Waals surface area contributed by atoms with Crippen LogP contribution in [0.5, 0.6) is 0 Å².